The van der Waals surface area contributed by atoms with Gasteiger partial charge in [0.2, 0.25) is 15.9 Å². The predicted molar refractivity (Wildman–Crippen MR) is 100 cm³/mol. The van der Waals surface area contributed by atoms with E-state index in [0.29, 0.717) is 0 Å². The number of hydrogen-bond donors (Lipinski definition) is 2. The first-order valence-electron chi connectivity index (χ1n) is 8.13. The van der Waals surface area contributed by atoms with Gasteiger partial charge < -0.3 is 5.32 Å². The molecule has 0 aromatic heterocycles. The van der Waals surface area contributed by atoms with E-state index in [4.69, 9.17) is 0 Å². The third-order valence-corrected chi connectivity index (χ3v) is 5.55. The molecule has 2 aromatic carbocycles. The predicted octanol–water partition coefficient (Wildman–Crippen LogP) is 3.23. The zero-order chi connectivity index (χ0) is 18.6. The molecule has 0 aliphatic rings. The van der Waals surface area contributed by atoms with Crippen LogP contribution < -0.4 is 10.0 Å². The van der Waals surface area contributed by atoms with Crippen molar-refractivity contribution in [2.45, 2.75) is 39.0 Å². The van der Waals surface area contributed by atoms with E-state index in [9.17, 15) is 13.2 Å². The summed E-state index contributed by atoms with van der Waals surface area (Å²) >= 11 is 0. The SMILES string of the molecule is Cc1ccc(NC(=O)CCNS(=O)(=O)c2ccc(C)c(C)c2)c(C)c1. The van der Waals surface area contributed by atoms with E-state index < -0.39 is 10.0 Å². The average Bonchev–Trinajstić information content (AvgIpc) is 2.52. The number of benzene rings is 2. The van der Waals surface area contributed by atoms with Gasteiger partial charge in [-0.05, 0) is 62.6 Å². The molecule has 5 nitrogen and oxygen atoms in total. The van der Waals surface area contributed by atoms with Gasteiger partial charge in [0, 0.05) is 18.7 Å². The van der Waals surface area contributed by atoms with E-state index >= 15 is 0 Å². The van der Waals surface area contributed by atoms with Crippen LogP contribution in [0.25, 0.3) is 0 Å². The zero-order valence-corrected chi connectivity index (χ0v) is 15.8. The maximum Gasteiger partial charge on any atom is 0.240 e. The van der Waals surface area contributed by atoms with Crippen molar-refractivity contribution >= 4 is 21.6 Å². The van der Waals surface area contributed by atoms with Crippen LogP contribution in [0.15, 0.2) is 41.3 Å². The fourth-order valence-corrected chi connectivity index (χ4v) is 3.55. The standard InChI is InChI=1S/C19H24N2O3S/c1-13-5-8-18(16(4)11-13)21-19(22)9-10-20-25(23,24)17-7-6-14(2)15(3)12-17/h5-8,11-12,20H,9-10H2,1-4H3,(H,21,22). The summed E-state index contributed by atoms with van der Waals surface area (Å²) in [5.74, 6) is -0.227. The molecule has 0 aliphatic heterocycles. The summed E-state index contributed by atoms with van der Waals surface area (Å²) in [7, 11) is -3.61. The molecule has 0 aliphatic carbocycles. The molecule has 25 heavy (non-hydrogen) atoms. The maximum absolute atomic E-state index is 12.3. The molecular formula is C19H24N2O3S. The lowest BCUT2D eigenvalue weighted by Crippen LogP contribution is -2.28. The van der Waals surface area contributed by atoms with Crippen molar-refractivity contribution in [1.29, 1.82) is 0 Å². The fraction of sp³-hybridized carbons (Fsp3) is 0.316. The van der Waals surface area contributed by atoms with Crippen LogP contribution in [-0.4, -0.2) is 20.9 Å². The van der Waals surface area contributed by atoms with Crippen LogP contribution in [-0.2, 0) is 14.8 Å². The number of rotatable bonds is 6. The average molecular weight is 360 g/mol. The molecular weight excluding hydrogens is 336 g/mol. The molecule has 134 valence electrons. The van der Waals surface area contributed by atoms with Crippen LogP contribution in [0.2, 0.25) is 0 Å². The molecule has 0 unspecified atom stereocenters. The Hall–Kier alpha value is -2.18. The minimum Gasteiger partial charge on any atom is -0.326 e. The quantitative estimate of drug-likeness (QED) is 0.830. The highest BCUT2D eigenvalue weighted by atomic mass is 32.2. The summed E-state index contributed by atoms with van der Waals surface area (Å²) in [5, 5.41) is 2.81. The van der Waals surface area contributed by atoms with Gasteiger partial charge in [0.05, 0.1) is 4.90 Å². The minimum absolute atomic E-state index is 0.0476. The zero-order valence-electron chi connectivity index (χ0n) is 15.0. The van der Waals surface area contributed by atoms with Crippen molar-refractivity contribution < 1.29 is 13.2 Å². The van der Waals surface area contributed by atoms with Crippen LogP contribution in [0.1, 0.15) is 28.7 Å². The Morgan fingerprint density at radius 2 is 1.64 bits per heavy atom. The molecule has 0 atom stereocenters. The summed E-state index contributed by atoms with van der Waals surface area (Å²) in [4.78, 5) is 12.2. The lowest BCUT2D eigenvalue weighted by atomic mass is 10.1. The lowest BCUT2D eigenvalue weighted by molar-refractivity contribution is -0.116. The molecule has 0 saturated heterocycles. The van der Waals surface area contributed by atoms with E-state index in [1.165, 1.54) is 0 Å². The first kappa shape index (κ1) is 19.1. The number of carbonyl (C=O) groups is 1. The van der Waals surface area contributed by atoms with Crippen molar-refractivity contribution in [1.82, 2.24) is 4.72 Å². The largest absolute Gasteiger partial charge is 0.326 e. The highest BCUT2D eigenvalue weighted by Crippen LogP contribution is 2.16. The molecule has 2 aromatic rings. The summed E-state index contributed by atoms with van der Waals surface area (Å²) in [6.45, 7) is 7.75. The number of aryl methyl sites for hydroxylation is 4. The molecule has 0 saturated carbocycles. The highest BCUT2D eigenvalue weighted by Gasteiger charge is 2.15. The third-order valence-electron chi connectivity index (χ3n) is 4.09. The summed E-state index contributed by atoms with van der Waals surface area (Å²) in [6, 6.07) is 10.7. The van der Waals surface area contributed by atoms with Gasteiger partial charge in [0.1, 0.15) is 0 Å². The fourth-order valence-electron chi connectivity index (χ4n) is 2.43. The first-order chi connectivity index (χ1) is 11.7. The second kappa shape index (κ2) is 7.80. The first-order valence-corrected chi connectivity index (χ1v) is 9.61. The molecule has 0 fully saturated rings. The molecule has 0 bridgehead atoms. The highest BCUT2D eigenvalue weighted by molar-refractivity contribution is 7.89. The van der Waals surface area contributed by atoms with E-state index in [1.807, 2.05) is 45.9 Å². The Bertz CT molecular complexity index is 890. The Balaban J connectivity index is 1.92. The summed E-state index contributed by atoms with van der Waals surface area (Å²) < 4.78 is 27.0. The molecule has 0 radical (unpaired) electrons. The van der Waals surface area contributed by atoms with Gasteiger partial charge >= 0.3 is 0 Å². The Labute approximate surface area is 149 Å². The van der Waals surface area contributed by atoms with Crippen LogP contribution in [0.5, 0.6) is 0 Å². The van der Waals surface area contributed by atoms with Crippen molar-refractivity contribution in [2.24, 2.45) is 0 Å². The normalized spacial score (nSPS) is 11.4. The lowest BCUT2D eigenvalue weighted by Gasteiger charge is -2.10. The molecule has 2 rings (SSSR count). The topological polar surface area (TPSA) is 75.3 Å². The van der Waals surface area contributed by atoms with Crippen molar-refractivity contribution in [3.63, 3.8) is 0 Å². The number of sulfonamides is 1. The molecule has 0 spiro atoms. The summed E-state index contributed by atoms with van der Waals surface area (Å²) in [5.41, 5.74) is 4.79. The van der Waals surface area contributed by atoms with Gasteiger partial charge in [-0.15, -0.1) is 0 Å². The Kier molecular flexibility index (Phi) is 5.98. The molecule has 2 N–H and O–H groups in total. The van der Waals surface area contributed by atoms with Crippen LogP contribution in [0.4, 0.5) is 5.69 Å². The molecule has 0 heterocycles. The molecule has 6 heteroatoms. The second-order valence-electron chi connectivity index (χ2n) is 6.26. The van der Waals surface area contributed by atoms with Gasteiger partial charge in [0.15, 0.2) is 0 Å². The van der Waals surface area contributed by atoms with Crippen LogP contribution in [0.3, 0.4) is 0 Å². The monoisotopic (exact) mass is 360 g/mol. The Morgan fingerprint density at radius 3 is 2.28 bits per heavy atom. The van der Waals surface area contributed by atoms with Crippen molar-refractivity contribution in [3.05, 3.63) is 58.7 Å². The van der Waals surface area contributed by atoms with Crippen molar-refractivity contribution in [3.8, 4) is 0 Å². The number of hydrogen-bond acceptors (Lipinski definition) is 3. The minimum atomic E-state index is -3.61. The smallest absolute Gasteiger partial charge is 0.240 e. The number of amides is 1. The Morgan fingerprint density at radius 1 is 0.920 bits per heavy atom. The second-order valence-corrected chi connectivity index (χ2v) is 8.03. The van der Waals surface area contributed by atoms with Crippen molar-refractivity contribution in [2.75, 3.05) is 11.9 Å². The van der Waals surface area contributed by atoms with Crippen LogP contribution >= 0.6 is 0 Å². The van der Waals surface area contributed by atoms with Gasteiger partial charge in [-0.3, -0.25) is 4.79 Å². The van der Waals surface area contributed by atoms with E-state index in [-0.39, 0.29) is 23.8 Å². The third kappa shape index (κ3) is 5.14. The van der Waals surface area contributed by atoms with E-state index in [2.05, 4.69) is 10.0 Å². The van der Waals surface area contributed by atoms with Crippen LogP contribution in [0, 0.1) is 27.7 Å². The number of carbonyl (C=O) groups excluding carboxylic acids is 1. The van der Waals surface area contributed by atoms with Gasteiger partial charge in [0.25, 0.3) is 0 Å². The van der Waals surface area contributed by atoms with Gasteiger partial charge in [-0.25, -0.2) is 13.1 Å². The van der Waals surface area contributed by atoms with E-state index in [0.717, 1.165) is 27.9 Å². The number of nitrogens with one attached hydrogen (secondary N) is 2. The van der Waals surface area contributed by atoms with Gasteiger partial charge in [-0.1, -0.05) is 23.8 Å². The maximum atomic E-state index is 12.3. The number of anilines is 1. The molecule has 1 amide bonds. The summed E-state index contributed by atoms with van der Waals surface area (Å²) in [6.07, 6.45) is 0.0669. The van der Waals surface area contributed by atoms with E-state index in [1.54, 1.807) is 18.2 Å². The van der Waals surface area contributed by atoms with Gasteiger partial charge in [-0.2, -0.15) is 0 Å².